The number of benzene rings is 1. The Balaban J connectivity index is 2.18. The Bertz CT molecular complexity index is 473. The molecule has 0 spiro atoms. The van der Waals surface area contributed by atoms with Crippen LogP contribution < -0.4 is 0 Å². The second-order valence-corrected chi connectivity index (χ2v) is 5.24. The minimum absolute atomic E-state index is 0.0277. The van der Waals surface area contributed by atoms with Gasteiger partial charge in [0.2, 0.25) is 0 Å². The SMILES string of the molecule is CCC1CN(C(=O)c2cccc(O)c2C)CCN1C. The molecule has 1 amide bonds. The first-order valence-corrected chi connectivity index (χ1v) is 6.82. The molecule has 1 fully saturated rings. The van der Waals surface area contributed by atoms with E-state index in [-0.39, 0.29) is 11.7 Å². The molecule has 4 nitrogen and oxygen atoms in total. The van der Waals surface area contributed by atoms with Crippen LogP contribution >= 0.6 is 0 Å². The van der Waals surface area contributed by atoms with Crippen molar-refractivity contribution in [2.45, 2.75) is 26.3 Å². The van der Waals surface area contributed by atoms with Crippen molar-refractivity contribution in [1.29, 1.82) is 0 Å². The fourth-order valence-electron chi connectivity index (χ4n) is 2.60. The summed E-state index contributed by atoms with van der Waals surface area (Å²) < 4.78 is 0. The van der Waals surface area contributed by atoms with Gasteiger partial charge in [0.25, 0.3) is 5.91 Å². The van der Waals surface area contributed by atoms with E-state index in [1.54, 1.807) is 25.1 Å². The van der Waals surface area contributed by atoms with Gasteiger partial charge in [-0.3, -0.25) is 9.69 Å². The summed E-state index contributed by atoms with van der Waals surface area (Å²) in [6, 6.07) is 5.56. The number of carbonyl (C=O) groups is 1. The number of rotatable bonds is 2. The fourth-order valence-corrected chi connectivity index (χ4v) is 2.60. The molecule has 1 heterocycles. The molecular formula is C15H22N2O2. The molecule has 0 bridgehead atoms. The Hall–Kier alpha value is -1.55. The highest BCUT2D eigenvalue weighted by atomic mass is 16.3. The van der Waals surface area contributed by atoms with Gasteiger partial charge in [-0.05, 0) is 32.5 Å². The second-order valence-electron chi connectivity index (χ2n) is 5.24. The molecule has 1 unspecified atom stereocenters. The van der Waals surface area contributed by atoms with E-state index in [0.29, 0.717) is 17.2 Å². The Morgan fingerprint density at radius 1 is 1.42 bits per heavy atom. The van der Waals surface area contributed by atoms with Crippen LogP contribution in [0.15, 0.2) is 18.2 Å². The van der Waals surface area contributed by atoms with E-state index in [4.69, 9.17) is 0 Å². The van der Waals surface area contributed by atoms with Crippen LogP contribution in [0.1, 0.15) is 29.3 Å². The lowest BCUT2D eigenvalue weighted by atomic mass is 10.0. The van der Waals surface area contributed by atoms with Crippen molar-refractivity contribution in [2.24, 2.45) is 0 Å². The smallest absolute Gasteiger partial charge is 0.254 e. The molecule has 0 saturated carbocycles. The highest BCUT2D eigenvalue weighted by Crippen LogP contribution is 2.22. The number of hydrogen-bond donors (Lipinski definition) is 1. The first-order valence-electron chi connectivity index (χ1n) is 6.82. The van der Waals surface area contributed by atoms with Gasteiger partial charge >= 0.3 is 0 Å². The monoisotopic (exact) mass is 262 g/mol. The summed E-state index contributed by atoms with van der Waals surface area (Å²) in [6.45, 7) is 6.36. The summed E-state index contributed by atoms with van der Waals surface area (Å²) in [5.74, 6) is 0.215. The summed E-state index contributed by atoms with van der Waals surface area (Å²) in [6.07, 6.45) is 1.04. The highest BCUT2D eigenvalue weighted by molar-refractivity contribution is 5.96. The number of amides is 1. The van der Waals surface area contributed by atoms with Gasteiger partial charge in [0.15, 0.2) is 0 Å². The maximum absolute atomic E-state index is 12.5. The molecule has 1 aromatic rings. The van der Waals surface area contributed by atoms with Crippen molar-refractivity contribution >= 4 is 5.91 Å². The van der Waals surface area contributed by atoms with Crippen LogP contribution in [-0.2, 0) is 0 Å². The first-order chi connectivity index (χ1) is 9.04. The Kier molecular flexibility index (Phi) is 4.10. The number of likely N-dealkylation sites (N-methyl/N-ethyl adjacent to an activating group) is 1. The zero-order valence-corrected chi connectivity index (χ0v) is 11.9. The van der Waals surface area contributed by atoms with E-state index >= 15 is 0 Å². The van der Waals surface area contributed by atoms with Gasteiger partial charge in [0, 0.05) is 36.8 Å². The number of phenolic OH excluding ortho intramolecular Hbond substituents is 1. The standard InChI is InChI=1S/C15H22N2O2/c1-4-12-10-17(9-8-16(12)3)15(19)13-6-5-7-14(18)11(13)2/h5-7,12,18H,4,8-10H2,1-3H3. The minimum atomic E-state index is 0.0277. The van der Waals surface area contributed by atoms with Crippen molar-refractivity contribution in [2.75, 3.05) is 26.7 Å². The molecule has 1 N–H and O–H groups in total. The molecule has 1 saturated heterocycles. The van der Waals surface area contributed by atoms with Crippen molar-refractivity contribution < 1.29 is 9.90 Å². The average Bonchev–Trinajstić information content (AvgIpc) is 2.41. The van der Waals surface area contributed by atoms with E-state index in [1.165, 1.54) is 0 Å². The van der Waals surface area contributed by atoms with E-state index in [2.05, 4.69) is 18.9 Å². The van der Waals surface area contributed by atoms with Gasteiger partial charge in [-0.1, -0.05) is 13.0 Å². The second kappa shape index (κ2) is 5.61. The van der Waals surface area contributed by atoms with E-state index in [0.717, 1.165) is 26.1 Å². The predicted octanol–water partition coefficient (Wildman–Crippen LogP) is 1.87. The number of aromatic hydroxyl groups is 1. The van der Waals surface area contributed by atoms with Gasteiger partial charge in [0.1, 0.15) is 5.75 Å². The van der Waals surface area contributed by atoms with Crippen LogP contribution in [0.25, 0.3) is 0 Å². The van der Waals surface area contributed by atoms with Gasteiger partial charge < -0.3 is 10.0 Å². The lowest BCUT2D eigenvalue weighted by molar-refractivity contribution is 0.0541. The van der Waals surface area contributed by atoms with Crippen molar-refractivity contribution in [3.05, 3.63) is 29.3 Å². The third kappa shape index (κ3) is 2.73. The molecule has 19 heavy (non-hydrogen) atoms. The van der Waals surface area contributed by atoms with E-state index in [1.807, 2.05) is 4.90 Å². The third-order valence-corrected chi connectivity index (χ3v) is 4.07. The molecule has 4 heteroatoms. The molecular weight excluding hydrogens is 240 g/mol. The van der Waals surface area contributed by atoms with Crippen LogP contribution in [0.2, 0.25) is 0 Å². The van der Waals surface area contributed by atoms with Crippen molar-refractivity contribution in [3.63, 3.8) is 0 Å². The Morgan fingerprint density at radius 2 is 2.16 bits per heavy atom. The third-order valence-electron chi connectivity index (χ3n) is 4.07. The zero-order valence-electron chi connectivity index (χ0n) is 11.9. The summed E-state index contributed by atoms with van der Waals surface area (Å²) in [5.41, 5.74) is 1.28. The van der Waals surface area contributed by atoms with Crippen LogP contribution in [0.4, 0.5) is 0 Å². The molecule has 0 aliphatic carbocycles. The van der Waals surface area contributed by atoms with Crippen molar-refractivity contribution in [3.8, 4) is 5.75 Å². The zero-order chi connectivity index (χ0) is 14.0. The molecule has 1 aliphatic rings. The van der Waals surface area contributed by atoms with Crippen molar-refractivity contribution in [1.82, 2.24) is 9.80 Å². The molecule has 0 radical (unpaired) electrons. The lowest BCUT2D eigenvalue weighted by Crippen LogP contribution is -2.53. The van der Waals surface area contributed by atoms with Crippen LogP contribution in [0.3, 0.4) is 0 Å². The maximum atomic E-state index is 12.5. The quantitative estimate of drug-likeness (QED) is 0.885. The minimum Gasteiger partial charge on any atom is -0.508 e. The molecule has 1 aliphatic heterocycles. The number of carbonyl (C=O) groups excluding carboxylic acids is 1. The maximum Gasteiger partial charge on any atom is 0.254 e. The number of nitrogens with zero attached hydrogens (tertiary/aromatic N) is 2. The molecule has 1 atom stereocenters. The van der Waals surface area contributed by atoms with Gasteiger partial charge in [-0.2, -0.15) is 0 Å². The number of hydrogen-bond acceptors (Lipinski definition) is 3. The van der Waals surface area contributed by atoms with Crippen LogP contribution in [0, 0.1) is 6.92 Å². The van der Waals surface area contributed by atoms with E-state index < -0.39 is 0 Å². The number of piperazine rings is 1. The average molecular weight is 262 g/mol. The van der Waals surface area contributed by atoms with E-state index in [9.17, 15) is 9.90 Å². The Labute approximate surface area is 114 Å². The van der Waals surface area contributed by atoms with Crippen LogP contribution in [0.5, 0.6) is 5.75 Å². The lowest BCUT2D eigenvalue weighted by Gasteiger charge is -2.39. The normalized spacial score (nSPS) is 20.6. The fraction of sp³-hybridized carbons (Fsp3) is 0.533. The van der Waals surface area contributed by atoms with Gasteiger partial charge in [0.05, 0.1) is 0 Å². The van der Waals surface area contributed by atoms with Gasteiger partial charge in [-0.15, -0.1) is 0 Å². The predicted molar refractivity (Wildman–Crippen MR) is 75.5 cm³/mol. The summed E-state index contributed by atoms with van der Waals surface area (Å²) in [7, 11) is 2.11. The molecule has 1 aromatic carbocycles. The first kappa shape index (κ1) is 13.9. The molecule has 0 aromatic heterocycles. The molecule has 2 rings (SSSR count). The Morgan fingerprint density at radius 3 is 2.84 bits per heavy atom. The summed E-state index contributed by atoms with van der Waals surface area (Å²) >= 11 is 0. The summed E-state index contributed by atoms with van der Waals surface area (Å²) in [4.78, 5) is 16.7. The van der Waals surface area contributed by atoms with Gasteiger partial charge in [-0.25, -0.2) is 0 Å². The highest BCUT2D eigenvalue weighted by Gasteiger charge is 2.27. The molecule has 104 valence electrons. The van der Waals surface area contributed by atoms with Crippen LogP contribution in [-0.4, -0.2) is 53.5 Å². The summed E-state index contributed by atoms with van der Waals surface area (Å²) in [5, 5.41) is 9.71. The topological polar surface area (TPSA) is 43.8 Å². The largest absolute Gasteiger partial charge is 0.508 e. The number of phenols is 1.